The first-order valence-corrected chi connectivity index (χ1v) is 8.31. The van der Waals surface area contributed by atoms with Crippen molar-refractivity contribution in [1.82, 2.24) is 0 Å². The van der Waals surface area contributed by atoms with Gasteiger partial charge in [0.2, 0.25) is 0 Å². The van der Waals surface area contributed by atoms with E-state index in [1.807, 2.05) is 0 Å². The molecule has 24 heavy (non-hydrogen) atoms. The van der Waals surface area contributed by atoms with Gasteiger partial charge in [-0.1, -0.05) is 0 Å². The van der Waals surface area contributed by atoms with Crippen LogP contribution in [0.4, 0.5) is 0 Å². The number of phenols is 2. The molecule has 0 bridgehead atoms. The normalized spacial score (nSPS) is 10.4. The Hall–Kier alpha value is -0.920. The number of rotatable bonds is 2. The van der Waals surface area contributed by atoms with Gasteiger partial charge in [0.25, 0.3) is 0 Å². The summed E-state index contributed by atoms with van der Waals surface area (Å²) in [4.78, 5) is -0.675. The predicted molar refractivity (Wildman–Crippen MR) is 81.5 cm³/mol. The Bertz CT molecular complexity index is 756. The van der Waals surface area contributed by atoms with Gasteiger partial charge in [0.15, 0.2) is 0 Å². The summed E-state index contributed by atoms with van der Waals surface area (Å²) in [5.74, 6) is -0.144. The topological polar surface area (TPSA) is 186 Å². The summed E-state index contributed by atoms with van der Waals surface area (Å²) in [6.07, 6.45) is 0. The number of hydrogen-bond acceptors (Lipinski definition) is 8. The van der Waals surface area contributed by atoms with Crippen molar-refractivity contribution in [2.24, 2.45) is 0 Å². The summed E-state index contributed by atoms with van der Waals surface area (Å²) in [5, 5.41) is 17.5. The molecule has 2 aromatic rings. The second-order valence-electron chi connectivity index (χ2n) is 3.90. The molecule has 0 aliphatic heterocycles. The Kier molecular flexibility index (Phi) is 10.7. The summed E-state index contributed by atoms with van der Waals surface area (Å²) in [6.45, 7) is 0. The maximum Gasteiger partial charge on any atom is 2.00 e. The van der Waals surface area contributed by atoms with E-state index in [9.17, 15) is 25.9 Å². The molecule has 0 atom stereocenters. The molecule has 128 valence electrons. The molecule has 9 nitrogen and oxygen atoms in total. The van der Waals surface area contributed by atoms with Gasteiger partial charge >= 0.3 is 37.7 Å². The first-order chi connectivity index (χ1) is 10.00. The van der Waals surface area contributed by atoms with E-state index in [-0.39, 0.29) is 64.5 Å². The second kappa shape index (κ2) is 10.2. The molecule has 0 fully saturated rings. The number of hydrogen-bond donors (Lipinski definition) is 2. The van der Waals surface area contributed by atoms with Crippen molar-refractivity contribution in [3.63, 3.8) is 0 Å². The third-order valence-corrected chi connectivity index (χ3v) is 3.95. The third kappa shape index (κ3) is 8.80. The van der Waals surface area contributed by atoms with Crippen molar-refractivity contribution in [2.75, 3.05) is 0 Å². The first-order valence-electron chi connectivity index (χ1n) is 5.50. The first kappa shape index (κ1) is 25.3. The number of benzene rings is 2. The molecule has 0 aliphatic rings. The van der Waals surface area contributed by atoms with Crippen molar-refractivity contribution < 1.29 is 41.6 Å². The van der Waals surface area contributed by atoms with E-state index in [0.29, 0.717) is 0 Å². The molecule has 0 saturated carbocycles. The minimum atomic E-state index is -4.38. The molecular formula is C12H12CaO9S2. The molecule has 0 aromatic heterocycles. The monoisotopic (exact) mass is 404 g/mol. The molecule has 0 amide bonds. The number of phenolic OH excluding ortho intramolecular Hbond substituents is 2. The largest absolute Gasteiger partial charge is 2.00 e. The minimum Gasteiger partial charge on any atom is -0.744 e. The fraction of sp³-hybridized carbons (Fsp3) is 0. The summed E-state index contributed by atoms with van der Waals surface area (Å²) in [5.41, 5.74) is 0. The summed E-state index contributed by atoms with van der Waals surface area (Å²) < 4.78 is 61.8. The maximum absolute atomic E-state index is 10.3. The molecule has 2 aromatic carbocycles. The Morgan fingerprint density at radius 3 is 1.00 bits per heavy atom. The summed E-state index contributed by atoms with van der Waals surface area (Å²) >= 11 is 0. The van der Waals surface area contributed by atoms with Crippen LogP contribution >= 0.6 is 0 Å². The van der Waals surface area contributed by atoms with Gasteiger partial charge in [-0.15, -0.1) is 0 Å². The Morgan fingerprint density at radius 2 is 0.833 bits per heavy atom. The smallest absolute Gasteiger partial charge is 0.744 e. The van der Waals surface area contributed by atoms with Crippen LogP contribution in [0.5, 0.6) is 11.5 Å². The Balaban J connectivity index is 0. The van der Waals surface area contributed by atoms with E-state index < -0.39 is 20.2 Å². The van der Waals surface area contributed by atoms with Gasteiger partial charge in [-0.2, -0.15) is 0 Å². The van der Waals surface area contributed by atoms with Crippen molar-refractivity contribution >= 4 is 58.0 Å². The molecule has 2 rings (SSSR count). The van der Waals surface area contributed by atoms with Crippen molar-refractivity contribution in [1.29, 1.82) is 0 Å². The molecular weight excluding hydrogens is 392 g/mol. The fourth-order valence-electron chi connectivity index (χ4n) is 1.23. The molecule has 0 aliphatic carbocycles. The Morgan fingerprint density at radius 1 is 0.625 bits per heavy atom. The fourth-order valence-corrected chi connectivity index (χ4v) is 2.16. The van der Waals surface area contributed by atoms with Crippen LogP contribution in [0.25, 0.3) is 0 Å². The zero-order chi connectivity index (χ0) is 17.0. The van der Waals surface area contributed by atoms with Crippen LogP contribution in [0.2, 0.25) is 0 Å². The molecule has 0 radical (unpaired) electrons. The van der Waals surface area contributed by atoms with Crippen molar-refractivity contribution in [3.8, 4) is 11.5 Å². The van der Waals surface area contributed by atoms with Gasteiger partial charge in [-0.3, -0.25) is 0 Å². The zero-order valence-corrected chi connectivity index (χ0v) is 15.8. The predicted octanol–water partition coefficient (Wildman–Crippen LogP) is -0.613. The molecule has 0 heterocycles. The number of aromatic hydroxyl groups is 2. The van der Waals surface area contributed by atoms with Crippen LogP contribution in [0.1, 0.15) is 0 Å². The van der Waals surface area contributed by atoms with Gasteiger partial charge in [-0.05, 0) is 48.5 Å². The van der Waals surface area contributed by atoms with E-state index in [1.165, 1.54) is 0 Å². The van der Waals surface area contributed by atoms with Crippen molar-refractivity contribution in [3.05, 3.63) is 48.5 Å². The summed E-state index contributed by atoms with van der Waals surface area (Å²) in [7, 11) is -8.76. The van der Waals surface area contributed by atoms with E-state index in [4.69, 9.17) is 10.2 Å². The second-order valence-corrected chi connectivity index (χ2v) is 6.66. The standard InChI is InChI=1S/2C6H6O4S.Ca.H2O/c2*7-5-1-3-6(4-2-5)11(8,9)10;;/h2*1-4,7H,(H,8,9,10);;1H2/q;;+2;/p-2. The average Bonchev–Trinajstić information content (AvgIpc) is 2.38. The molecule has 12 heteroatoms. The molecule has 0 saturated heterocycles. The Labute approximate surface area is 168 Å². The van der Waals surface area contributed by atoms with Crippen molar-refractivity contribution in [2.45, 2.75) is 9.79 Å². The zero-order valence-electron chi connectivity index (χ0n) is 12.0. The van der Waals surface area contributed by atoms with Gasteiger partial charge in [-0.25, -0.2) is 16.8 Å². The average molecular weight is 404 g/mol. The molecule has 4 N–H and O–H groups in total. The van der Waals surface area contributed by atoms with Crippen LogP contribution in [0.3, 0.4) is 0 Å². The maximum atomic E-state index is 10.3. The van der Waals surface area contributed by atoms with E-state index >= 15 is 0 Å². The van der Waals surface area contributed by atoms with Crippen LogP contribution in [-0.2, 0) is 20.2 Å². The SMILES string of the molecule is O.O=S(=O)([O-])c1ccc(O)cc1.O=S(=O)([O-])c1ccc(O)cc1.[Ca+2]. The van der Waals surface area contributed by atoms with Crippen LogP contribution in [0.15, 0.2) is 58.3 Å². The van der Waals surface area contributed by atoms with E-state index in [2.05, 4.69) is 0 Å². The van der Waals surface area contributed by atoms with Crippen LogP contribution in [0, 0.1) is 0 Å². The van der Waals surface area contributed by atoms with Gasteiger partial charge in [0, 0.05) is 0 Å². The minimum absolute atomic E-state index is 0. The molecule has 0 spiro atoms. The van der Waals surface area contributed by atoms with Crippen LogP contribution < -0.4 is 0 Å². The van der Waals surface area contributed by atoms with Gasteiger partial charge < -0.3 is 24.8 Å². The van der Waals surface area contributed by atoms with E-state index in [0.717, 1.165) is 48.5 Å². The van der Waals surface area contributed by atoms with Gasteiger partial charge in [0.05, 0.1) is 9.79 Å². The molecule has 0 unspecified atom stereocenters. The summed E-state index contributed by atoms with van der Waals surface area (Å²) in [6, 6.07) is 8.79. The third-order valence-electron chi connectivity index (χ3n) is 2.25. The van der Waals surface area contributed by atoms with E-state index in [1.54, 1.807) is 0 Å². The van der Waals surface area contributed by atoms with Crippen LogP contribution in [-0.4, -0.2) is 79.4 Å². The van der Waals surface area contributed by atoms with Gasteiger partial charge in [0.1, 0.15) is 31.7 Å². The quantitative estimate of drug-likeness (QED) is 0.489.